The SMILES string of the molecule is O=C(O)c1ccc(N=C2NC(=O)C(Cc3cccc(C(F)(F)F)c3)S2)cc1. The van der Waals surface area contributed by atoms with E-state index >= 15 is 0 Å². The minimum atomic E-state index is -4.43. The summed E-state index contributed by atoms with van der Waals surface area (Å²) in [5, 5.41) is 11.2. The molecule has 1 aliphatic rings. The Labute approximate surface area is 156 Å². The minimum absolute atomic E-state index is 0.115. The third-order valence-electron chi connectivity index (χ3n) is 3.80. The van der Waals surface area contributed by atoms with E-state index in [4.69, 9.17) is 5.11 Å². The van der Waals surface area contributed by atoms with Crippen molar-refractivity contribution in [3.8, 4) is 0 Å². The number of alkyl halides is 3. The fraction of sp³-hybridized carbons (Fsp3) is 0.167. The van der Waals surface area contributed by atoms with Gasteiger partial charge in [0.2, 0.25) is 5.91 Å². The number of carboxylic acids is 1. The highest BCUT2D eigenvalue weighted by molar-refractivity contribution is 8.15. The summed E-state index contributed by atoms with van der Waals surface area (Å²) in [4.78, 5) is 27.2. The molecule has 0 spiro atoms. The zero-order valence-corrected chi connectivity index (χ0v) is 14.5. The summed E-state index contributed by atoms with van der Waals surface area (Å²) in [5.74, 6) is -1.39. The first kappa shape index (κ1) is 19.0. The lowest BCUT2D eigenvalue weighted by Gasteiger charge is -2.10. The van der Waals surface area contributed by atoms with Crippen LogP contribution >= 0.6 is 11.8 Å². The van der Waals surface area contributed by atoms with E-state index in [0.717, 1.165) is 23.9 Å². The first-order valence-electron chi connectivity index (χ1n) is 7.78. The number of carboxylic acid groups (broad SMARTS) is 1. The normalized spacial score (nSPS) is 18.6. The average Bonchev–Trinajstić information content (AvgIpc) is 2.94. The van der Waals surface area contributed by atoms with Gasteiger partial charge in [0.25, 0.3) is 0 Å². The Bertz CT molecular complexity index is 911. The number of rotatable bonds is 4. The molecule has 0 radical (unpaired) electrons. The quantitative estimate of drug-likeness (QED) is 0.825. The van der Waals surface area contributed by atoms with Crippen LogP contribution in [0.15, 0.2) is 53.5 Å². The molecule has 1 heterocycles. The van der Waals surface area contributed by atoms with Crippen LogP contribution in [0.3, 0.4) is 0 Å². The third kappa shape index (κ3) is 4.68. The van der Waals surface area contributed by atoms with Crippen molar-refractivity contribution in [2.75, 3.05) is 0 Å². The van der Waals surface area contributed by atoms with Crippen LogP contribution < -0.4 is 5.32 Å². The van der Waals surface area contributed by atoms with Crippen molar-refractivity contribution in [3.05, 3.63) is 65.2 Å². The van der Waals surface area contributed by atoms with Gasteiger partial charge in [0.05, 0.1) is 22.1 Å². The van der Waals surface area contributed by atoms with Gasteiger partial charge in [0, 0.05) is 0 Å². The second-order valence-electron chi connectivity index (χ2n) is 5.77. The van der Waals surface area contributed by atoms with Crippen molar-refractivity contribution in [2.24, 2.45) is 4.99 Å². The molecule has 9 heteroatoms. The Hall–Kier alpha value is -2.81. The maximum Gasteiger partial charge on any atom is 0.416 e. The van der Waals surface area contributed by atoms with Crippen LogP contribution in [0, 0.1) is 0 Å². The average molecular weight is 394 g/mol. The van der Waals surface area contributed by atoms with E-state index in [9.17, 15) is 22.8 Å². The summed E-state index contributed by atoms with van der Waals surface area (Å²) in [7, 11) is 0. The second-order valence-corrected chi connectivity index (χ2v) is 6.96. The number of amides is 1. The van der Waals surface area contributed by atoms with Crippen LogP contribution in [0.2, 0.25) is 0 Å². The maximum absolute atomic E-state index is 12.8. The predicted molar refractivity (Wildman–Crippen MR) is 95.2 cm³/mol. The molecule has 1 fully saturated rings. The molecule has 1 unspecified atom stereocenters. The number of thioether (sulfide) groups is 1. The summed E-state index contributed by atoms with van der Waals surface area (Å²) in [5.41, 5.74) is 0.229. The number of aromatic carboxylic acids is 1. The summed E-state index contributed by atoms with van der Waals surface area (Å²) >= 11 is 1.12. The first-order chi connectivity index (χ1) is 12.7. The number of nitrogens with one attached hydrogen (secondary N) is 1. The van der Waals surface area contributed by atoms with Crippen LogP contribution in [0.5, 0.6) is 0 Å². The molecule has 3 rings (SSSR count). The molecule has 0 saturated carbocycles. The minimum Gasteiger partial charge on any atom is -0.478 e. The van der Waals surface area contributed by atoms with Crippen LogP contribution in [0.1, 0.15) is 21.5 Å². The van der Waals surface area contributed by atoms with Crippen molar-refractivity contribution >= 4 is 34.5 Å². The number of benzene rings is 2. The molecule has 1 saturated heterocycles. The molecular formula is C18H13F3N2O3S. The standard InChI is InChI=1S/C18H13F3N2O3S/c19-18(20,21)12-3-1-2-10(8-12)9-14-15(24)23-17(27-14)22-13-6-4-11(5-7-13)16(25)26/h1-8,14H,9H2,(H,25,26)(H,22,23,24). The van der Waals surface area contributed by atoms with Gasteiger partial charge in [-0.3, -0.25) is 4.79 Å². The smallest absolute Gasteiger partial charge is 0.416 e. The van der Waals surface area contributed by atoms with Crippen molar-refractivity contribution in [1.29, 1.82) is 0 Å². The topological polar surface area (TPSA) is 78.8 Å². The highest BCUT2D eigenvalue weighted by Crippen LogP contribution is 2.31. The van der Waals surface area contributed by atoms with E-state index in [1.807, 2.05) is 0 Å². The molecule has 0 aromatic heterocycles. The van der Waals surface area contributed by atoms with E-state index in [2.05, 4.69) is 10.3 Å². The number of aliphatic imine (C=N–C) groups is 1. The van der Waals surface area contributed by atoms with Gasteiger partial charge in [-0.1, -0.05) is 30.0 Å². The number of nitrogens with zero attached hydrogens (tertiary/aromatic N) is 1. The van der Waals surface area contributed by atoms with Crippen LogP contribution in [-0.2, 0) is 17.4 Å². The van der Waals surface area contributed by atoms with Gasteiger partial charge >= 0.3 is 12.1 Å². The Morgan fingerprint density at radius 3 is 2.52 bits per heavy atom. The van der Waals surface area contributed by atoms with E-state index in [1.165, 1.54) is 30.3 Å². The molecule has 1 atom stereocenters. The Morgan fingerprint density at radius 2 is 1.89 bits per heavy atom. The maximum atomic E-state index is 12.8. The third-order valence-corrected chi connectivity index (χ3v) is 4.88. The molecule has 2 aromatic carbocycles. The molecule has 0 aliphatic carbocycles. The van der Waals surface area contributed by atoms with E-state index < -0.39 is 23.0 Å². The molecule has 1 aliphatic heterocycles. The molecule has 2 N–H and O–H groups in total. The second kappa shape index (κ2) is 7.43. The highest BCUT2D eigenvalue weighted by Gasteiger charge is 2.33. The number of carbonyl (C=O) groups is 2. The van der Waals surface area contributed by atoms with Crippen molar-refractivity contribution < 1.29 is 27.9 Å². The Morgan fingerprint density at radius 1 is 1.19 bits per heavy atom. The summed E-state index contributed by atoms with van der Waals surface area (Å²) in [6, 6.07) is 10.7. The lowest BCUT2D eigenvalue weighted by atomic mass is 10.1. The molecule has 5 nitrogen and oxygen atoms in total. The molecule has 0 bridgehead atoms. The summed E-state index contributed by atoms with van der Waals surface area (Å²) < 4.78 is 38.4. The van der Waals surface area contributed by atoms with Crippen molar-refractivity contribution in [2.45, 2.75) is 17.8 Å². The highest BCUT2D eigenvalue weighted by atomic mass is 32.2. The fourth-order valence-electron chi connectivity index (χ4n) is 2.48. The fourth-order valence-corrected chi connectivity index (χ4v) is 3.51. The largest absolute Gasteiger partial charge is 0.478 e. The zero-order chi connectivity index (χ0) is 19.6. The first-order valence-corrected chi connectivity index (χ1v) is 8.66. The monoisotopic (exact) mass is 394 g/mol. The number of halogens is 3. The lowest BCUT2D eigenvalue weighted by molar-refractivity contribution is -0.137. The van der Waals surface area contributed by atoms with Gasteiger partial charge in [-0.15, -0.1) is 0 Å². The number of hydrogen-bond acceptors (Lipinski definition) is 4. The molecule has 2 aromatic rings. The zero-order valence-electron chi connectivity index (χ0n) is 13.7. The van der Waals surface area contributed by atoms with Crippen molar-refractivity contribution in [3.63, 3.8) is 0 Å². The van der Waals surface area contributed by atoms with E-state index in [-0.39, 0.29) is 17.9 Å². The Balaban J connectivity index is 1.71. The van der Waals surface area contributed by atoms with Gasteiger partial charge in [-0.05, 0) is 42.3 Å². The molecule has 1 amide bonds. The molecule has 140 valence electrons. The Kier molecular flexibility index (Phi) is 5.22. The molecular weight excluding hydrogens is 381 g/mol. The van der Waals surface area contributed by atoms with Crippen LogP contribution in [0.4, 0.5) is 18.9 Å². The number of hydrogen-bond donors (Lipinski definition) is 2. The summed E-state index contributed by atoms with van der Waals surface area (Å²) in [6.07, 6.45) is -4.30. The van der Waals surface area contributed by atoms with Gasteiger partial charge < -0.3 is 10.4 Å². The van der Waals surface area contributed by atoms with Crippen LogP contribution in [0.25, 0.3) is 0 Å². The predicted octanol–water partition coefficient (Wildman–Crippen LogP) is 3.87. The van der Waals surface area contributed by atoms with Crippen molar-refractivity contribution in [1.82, 2.24) is 5.32 Å². The van der Waals surface area contributed by atoms with Gasteiger partial charge in [0.1, 0.15) is 0 Å². The number of carbonyl (C=O) groups excluding carboxylic acids is 1. The van der Waals surface area contributed by atoms with Gasteiger partial charge in [-0.25, -0.2) is 9.79 Å². The lowest BCUT2D eigenvalue weighted by Crippen LogP contribution is -2.26. The summed E-state index contributed by atoms with van der Waals surface area (Å²) in [6.45, 7) is 0. The molecule has 27 heavy (non-hydrogen) atoms. The van der Waals surface area contributed by atoms with E-state index in [0.29, 0.717) is 16.4 Å². The van der Waals surface area contributed by atoms with Crippen LogP contribution in [-0.4, -0.2) is 27.4 Å². The van der Waals surface area contributed by atoms with E-state index in [1.54, 1.807) is 6.07 Å². The number of amidine groups is 1. The van der Waals surface area contributed by atoms with Gasteiger partial charge in [0.15, 0.2) is 5.17 Å². The van der Waals surface area contributed by atoms with Gasteiger partial charge in [-0.2, -0.15) is 13.2 Å².